The quantitative estimate of drug-likeness (QED) is 0.396. The second-order valence-corrected chi connectivity index (χ2v) is 10.4. The Labute approximate surface area is 221 Å². The summed E-state index contributed by atoms with van der Waals surface area (Å²) in [5, 5.41) is 3.11. The highest BCUT2D eigenvalue weighted by Gasteiger charge is 2.40. The number of amides is 1. The SMILES string of the molecule is COc1cc2c(cc1OC)N(Cc1ccccc1)S(=O)(=O)C(C(=O)NCCOc1ccccc1Cl)=C2C. The number of ether oxygens (including phenoxy) is 3. The standard InChI is InChI=1S/C27H27ClN2O6S/c1-18-20-15-24(34-2)25(35-3)16-22(20)30(17-19-9-5-4-6-10-19)37(32,33)26(18)27(31)29-13-14-36-23-12-8-7-11-21(23)28/h4-12,15-16H,13-14,17H2,1-3H3,(H,29,31). The van der Waals surface area contributed by atoms with Gasteiger partial charge in [-0.05, 0) is 36.3 Å². The molecule has 4 rings (SSSR count). The van der Waals surface area contributed by atoms with E-state index in [1.807, 2.05) is 30.3 Å². The van der Waals surface area contributed by atoms with Crippen molar-refractivity contribution in [2.24, 2.45) is 0 Å². The summed E-state index contributed by atoms with van der Waals surface area (Å²) in [6, 6.07) is 19.4. The van der Waals surface area contributed by atoms with Gasteiger partial charge < -0.3 is 19.5 Å². The van der Waals surface area contributed by atoms with Gasteiger partial charge in [0, 0.05) is 11.6 Å². The van der Waals surface area contributed by atoms with Gasteiger partial charge in [0.2, 0.25) is 0 Å². The molecule has 0 aromatic heterocycles. The van der Waals surface area contributed by atoms with Gasteiger partial charge in [-0.25, -0.2) is 8.42 Å². The van der Waals surface area contributed by atoms with Crippen LogP contribution in [0.15, 0.2) is 71.6 Å². The van der Waals surface area contributed by atoms with Crippen molar-refractivity contribution in [3.05, 3.63) is 87.8 Å². The summed E-state index contributed by atoms with van der Waals surface area (Å²) in [5.74, 6) is 0.557. The molecule has 0 spiro atoms. The van der Waals surface area contributed by atoms with E-state index >= 15 is 0 Å². The van der Waals surface area contributed by atoms with Gasteiger partial charge in [0.15, 0.2) is 16.4 Å². The lowest BCUT2D eigenvalue weighted by atomic mass is 10.0. The number of methoxy groups -OCH3 is 2. The van der Waals surface area contributed by atoms with Crippen molar-refractivity contribution < 1.29 is 27.4 Å². The average Bonchev–Trinajstić information content (AvgIpc) is 2.89. The van der Waals surface area contributed by atoms with E-state index in [9.17, 15) is 13.2 Å². The van der Waals surface area contributed by atoms with Crippen molar-refractivity contribution in [1.82, 2.24) is 5.32 Å². The number of para-hydroxylation sites is 1. The number of carbonyl (C=O) groups excluding carboxylic acids is 1. The van der Waals surface area contributed by atoms with Crippen LogP contribution in [0.5, 0.6) is 17.2 Å². The molecule has 1 aliphatic rings. The Morgan fingerprint density at radius 2 is 1.59 bits per heavy atom. The van der Waals surface area contributed by atoms with Crippen LogP contribution in [0.3, 0.4) is 0 Å². The van der Waals surface area contributed by atoms with Crippen LogP contribution in [0.2, 0.25) is 5.02 Å². The fraction of sp³-hybridized carbons (Fsp3) is 0.222. The molecule has 0 unspecified atom stereocenters. The molecule has 8 nitrogen and oxygen atoms in total. The van der Waals surface area contributed by atoms with Crippen LogP contribution in [0.4, 0.5) is 5.69 Å². The van der Waals surface area contributed by atoms with Crippen molar-refractivity contribution in [3.8, 4) is 17.2 Å². The highest BCUT2D eigenvalue weighted by atomic mass is 35.5. The number of allylic oxidation sites excluding steroid dienone is 1. The molecule has 0 atom stereocenters. The first-order valence-electron chi connectivity index (χ1n) is 11.5. The molecule has 0 saturated carbocycles. The van der Waals surface area contributed by atoms with Crippen LogP contribution >= 0.6 is 11.6 Å². The zero-order valence-electron chi connectivity index (χ0n) is 20.7. The molecule has 1 aliphatic heterocycles. The van der Waals surface area contributed by atoms with E-state index in [0.717, 1.165) is 5.56 Å². The monoisotopic (exact) mass is 542 g/mol. The minimum Gasteiger partial charge on any atom is -0.493 e. The predicted molar refractivity (Wildman–Crippen MR) is 144 cm³/mol. The van der Waals surface area contributed by atoms with Gasteiger partial charge in [-0.2, -0.15) is 0 Å². The van der Waals surface area contributed by atoms with Gasteiger partial charge in [-0.1, -0.05) is 54.1 Å². The maximum absolute atomic E-state index is 13.9. The summed E-state index contributed by atoms with van der Waals surface area (Å²) < 4.78 is 45.4. The number of anilines is 1. The van der Waals surface area contributed by atoms with Crippen LogP contribution in [-0.4, -0.2) is 41.7 Å². The second-order valence-electron chi connectivity index (χ2n) is 8.21. The first-order chi connectivity index (χ1) is 17.8. The zero-order valence-corrected chi connectivity index (χ0v) is 22.2. The van der Waals surface area contributed by atoms with E-state index < -0.39 is 15.9 Å². The first-order valence-corrected chi connectivity index (χ1v) is 13.3. The fourth-order valence-corrected chi connectivity index (χ4v) is 6.05. The molecule has 0 aliphatic carbocycles. The fourth-order valence-electron chi connectivity index (χ4n) is 4.10. The molecule has 37 heavy (non-hydrogen) atoms. The largest absolute Gasteiger partial charge is 0.493 e. The Balaban J connectivity index is 1.68. The number of carbonyl (C=O) groups is 1. The number of rotatable bonds is 9. The third-order valence-electron chi connectivity index (χ3n) is 5.92. The van der Waals surface area contributed by atoms with E-state index in [0.29, 0.717) is 39.1 Å². The molecular formula is C27H27ClN2O6S. The topological polar surface area (TPSA) is 94.2 Å². The van der Waals surface area contributed by atoms with Crippen LogP contribution in [0.25, 0.3) is 5.57 Å². The van der Waals surface area contributed by atoms with E-state index in [1.54, 1.807) is 43.3 Å². The number of nitrogens with zero attached hydrogens (tertiary/aromatic N) is 1. The molecule has 1 heterocycles. The van der Waals surface area contributed by atoms with Crippen LogP contribution in [0, 0.1) is 0 Å². The van der Waals surface area contributed by atoms with Crippen molar-refractivity contribution in [2.75, 3.05) is 31.7 Å². The number of hydrogen-bond acceptors (Lipinski definition) is 6. The van der Waals surface area contributed by atoms with Crippen LogP contribution < -0.4 is 23.8 Å². The summed E-state index contributed by atoms with van der Waals surface area (Å²) in [6.45, 7) is 1.83. The van der Waals surface area contributed by atoms with Crippen molar-refractivity contribution in [2.45, 2.75) is 13.5 Å². The number of sulfonamides is 1. The number of halogens is 1. The number of benzene rings is 3. The van der Waals surface area contributed by atoms with E-state index in [2.05, 4.69) is 5.32 Å². The molecule has 3 aromatic carbocycles. The van der Waals surface area contributed by atoms with Gasteiger partial charge in [0.25, 0.3) is 15.9 Å². The molecule has 0 fully saturated rings. The second kappa shape index (κ2) is 11.1. The number of nitrogens with one attached hydrogen (secondary N) is 1. The number of hydrogen-bond donors (Lipinski definition) is 1. The Bertz CT molecular complexity index is 1440. The Kier molecular flexibility index (Phi) is 7.94. The Morgan fingerprint density at radius 1 is 0.946 bits per heavy atom. The average molecular weight is 543 g/mol. The third kappa shape index (κ3) is 5.38. The lowest BCUT2D eigenvalue weighted by Crippen LogP contribution is -2.41. The van der Waals surface area contributed by atoms with Crippen molar-refractivity contribution in [3.63, 3.8) is 0 Å². The first kappa shape index (κ1) is 26.4. The molecule has 0 bridgehead atoms. The minimum atomic E-state index is -4.22. The summed E-state index contributed by atoms with van der Waals surface area (Å²) in [6.07, 6.45) is 0. The highest BCUT2D eigenvalue weighted by molar-refractivity contribution is 7.97. The molecule has 1 amide bonds. The van der Waals surface area contributed by atoms with Crippen molar-refractivity contribution >= 4 is 38.8 Å². The number of fused-ring (bicyclic) bond motifs is 1. The van der Waals surface area contributed by atoms with Gasteiger partial charge >= 0.3 is 0 Å². The summed E-state index contributed by atoms with van der Waals surface area (Å²) in [5.41, 5.74) is 2.03. The van der Waals surface area contributed by atoms with Gasteiger partial charge in [0.05, 0.1) is 38.0 Å². The normalized spacial score (nSPS) is 14.1. The summed E-state index contributed by atoms with van der Waals surface area (Å²) in [4.78, 5) is 12.9. The third-order valence-corrected chi connectivity index (χ3v) is 8.15. The maximum Gasteiger partial charge on any atom is 0.270 e. The zero-order chi connectivity index (χ0) is 26.6. The van der Waals surface area contributed by atoms with Gasteiger partial charge in [-0.15, -0.1) is 0 Å². The lowest BCUT2D eigenvalue weighted by Gasteiger charge is -2.33. The summed E-state index contributed by atoms with van der Waals surface area (Å²) >= 11 is 6.10. The van der Waals surface area contributed by atoms with Crippen LogP contribution in [0.1, 0.15) is 18.1 Å². The predicted octanol–water partition coefficient (Wildman–Crippen LogP) is 4.63. The molecule has 194 valence electrons. The Morgan fingerprint density at radius 3 is 2.27 bits per heavy atom. The van der Waals surface area contributed by atoms with Crippen LogP contribution in [-0.2, 0) is 21.4 Å². The van der Waals surface area contributed by atoms with Crippen molar-refractivity contribution in [1.29, 1.82) is 0 Å². The lowest BCUT2D eigenvalue weighted by molar-refractivity contribution is -0.116. The summed E-state index contributed by atoms with van der Waals surface area (Å²) in [7, 11) is -1.24. The molecule has 0 saturated heterocycles. The molecule has 1 N–H and O–H groups in total. The molecule has 0 radical (unpaired) electrons. The van der Waals surface area contributed by atoms with E-state index in [4.69, 9.17) is 25.8 Å². The van der Waals surface area contributed by atoms with Gasteiger partial charge in [-0.3, -0.25) is 9.10 Å². The van der Waals surface area contributed by atoms with E-state index in [1.165, 1.54) is 18.5 Å². The molecule has 3 aromatic rings. The highest BCUT2D eigenvalue weighted by Crippen LogP contribution is 2.45. The Hall–Kier alpha value is -3.69. The van der Waals surface area contributed by atoms with E-state index in [-0.39, 0.29) is 24.6 Å². The molecule has 10 heteroatoms. The maximum atomic E-state index is 13.9. The minimum absolute atomic E-state index is 0.0331. The molecular weight excluding hydrogens is 516 g/mol. The smallest absolute Gasteiger partial charge is 0.270 e. The van der Waals surface area contributed by atoms with Gasteiger partial charge in [0.1, 0.15) is 12.4 Å².